The van der Waals surface area contributed by atoms with Crippen molar-refractivity contribution >= 4 is 33.4 Å². The Morgan fingerprint density at radius 3 is 2.61 bits per heavy atom. The molecule has 12 nitrogen and oxygen atoms in total. The number of aromatic amines is 1. The maximum Gasteiger partial charge on any atom is 0.330 e. The highest BCUT2D eigenvalue weighted by molar-refractivity contribution is 9.10. The number of primary amides is 1. The Hall–Kier alpha value is -3.26. The summed E-state index contributed by atoms with van der Waals surface area (Å²) in [5.41, 5.74) is 6.02. The summed E-state index contributed by atoms with van der Waals surface area (Å²) in [6.07, 6.45) is 1.26. The number of carbonyl (C=O) groups is 2. The first-order valence-electron chi connectivity index (χ1n) is 11.9. The molecule has 1 saturated heterocycles. The van der Waals surface area contributed by atoms with E-state index in [1.54, 1.807) is 26.4 Å². The second kappa shape index (κ2) is 13.5. The van der Waals surface area contributed by atoms with Crippen LogP contribution in [0.3, 0.4) is 0 Å². The van der Waals surface area contributed by atoms with E-state index in [1.807, 2.05) is 19.1 Å². The molecule has 0 aliphatic carbocycles. The van der Waals surface area contributed by atoms with Crippen LogP contribution in [-0.2, 0) is 28.5 Å². The van der Waals surface area contributed by atoms with Crippen LogP contribution in [0.5, 0.6) is 0 Å². The molecule has 206 valence electrons. The van der Waals surface area contributed by atoms with Crippen molar-refractivity contribution in [3.05, 3.63) is 73.2 Å². The van der Waals surface area contributed by atoms with Crippen LogP contribution in [0.15, 0.2) is 56.4 Å². The second-order valence-corrected chi connectivity index (χ2v) is 9.56. The van der Waals surface area contributed by atoms with E-state index in [2.05, 4.69) is 31.0 Å². The first kappa shape index (κ1) is 29.3. The molecule has 1 aromatic carbocycles. The molecule has 2 amide bonds. The molecule has 2 aromatic rings. The minimum Gasteiger partial charge on any atom is -0.459 e. The van der Waals surface area contributed by atoms with Gasteiger partial charge in [0.1, 0.15) is 6.23 Å². The summed E-state index contributed by atoms with van der Waals surface area (Å²) in [5, 5.41) is 2.78. The third-order valence-corrected chi connectivity index (χ3v) is 6.63. The number of methoxy groups -OCH3 is 1. The Balaban J connectivity index is 0.00000127. The highest BCUT2D eigenvalue weighted by atomic mass is 79.9. The molecule has 0 spiro atoms. The number of hydrogen-bond donors (Lipinski definition) is 3. The normalized spacial score (nSPS) is 21.4. The third kappa shape index (κ3) is 7.63. The lowest BCUT2D eigenvalue weighted by Gasteiger charge is -2.29. The molecule has 13 heteroatoms. The van der Waals surface area contributed by atoms with Gasteiger partial charge < -0.3 is 30.0 Å². The lowest BCUT2D eigenvalue weighted by Crippen LogP contribution is -2.44. The summed E-state index contributed by atoms with van der Waals surface area (Å²) in [6, 6.07) is 6.63. The fourth-order valence-electron chi connectivity index (χ4n) is 3.98. The molecule has 0 saturated carbocycles. The standard InChI is InChI=1S/C23H25BrN4O7.C2H6O/c1-12-11-13(5-6-14(12)24)26-22(31)16-3-2-4-19(34-16)35-20(21(25)30)15-7-8-18(33-15)28-10-9-17(29)27-23(28)32;1-3-2/h3,5-6,9-11,15,18-20H,2,4,7-8H2,1H3,(H2,25,30)(H,26,31)(H,27,29,32);1-2H3/t15?,18-,19-,20?;/m1./s1. The van der Waals surface area contributed by atoms with Gasteiger partial charge >= 0.3 is 5.69 Å². The topological polar surface area (TPSA) is 164 Å². The van der Waals surface area contributed by atoms with Crippen LogP contribution in [0.2, 0.25) is 0 Å². The fraction of sp³-hybridized carbons (Fsp3) is 0.440. The number of halogens is 1. The Morgan fingerprint density at radius 2 is 1.95 bits per heavy atom. The highest BCUT2D eigenvalue weighted by Crippen LogP contribution is 2.31. The van der Waals surface area contributed by atoms with Crippen molar-refractivity contribution in [1.29, 1.82) is 0 Å². The van der Waals surface area contributed by atoms with Crippen LogP contribution in [-0.4, -0.2) is 54.1 Å². The number of nitrogens with one attached hydrogen (secondary N) is 2. The molecule has 3 heterocycles. The third-order valence-electron chi connectivity index (χ3n) is 5.74. The van der Waals surface area contributed by atoms with Gasteiger partial charge in [-0.25, -0.2) is 4.79 Å². The SMILES string of the molecule is COC.Cc1cc(NC(=O)C2=CCC[C@@H](OC(C(N)=O)C3CC[C@H](n4ccc(=O)[nH]c4=O)O3)O2)ccc1Br. The van der Waals surface area contributed by atoms with Crippen LogP contribution in [0, 0.1) is 6.92 Å². The first-order valence-corrected chi connectivity index (χ1v) is 12.7. The number of ether oxygens (including phenoxy) is 4. The van der Waals surface area contributed by atoms with E-state index in [0.717, 1.165) is 10.0 Å². The highest BCUT2D eigenvalue weighted by Gasteiger charge is 2.39. The maximum atomic E-state index is 12.7. The number of carbonyl (C=O) groups excluding carboxylic acids is 2. The summed E-state index contributed by atoms with van der Waals surface area (Å²) >= 11 is 3.42. The number of aryl methyl sites for hydroxylation is 1. The van der Waals surface area contributed by atoms with Crippen LogP contribution in [0.1, 0.15) is 37.5 Å². The van der Waals surface area contributed by atoms with Crippen molar-refractivity contribution in [2.75, 3.05) is 19.5 Å². The van der Waals surface area contributed by atoms with Gasteiger partial charge in [-0.1, -0.05) is 15.9 Å². The lowest BCUT2D eigenvalue weighted by molar-refractivity contribution is -0.194. The number of amides is 2. The summed E-state index contributed by atoms with van der Waals surface area (Å²) in [6.45, 7) is 1.91. The zero-order chi connectivity index (χ0) is 27.8. The molecule has 2 aliphatic heterocycles. The molecule has 0 radical (unpaired) electrons. The van der Waals surface area contributed by atoms with Gasteiger partial charge in [-0.3, -0.25) is 23.9 Å². The molecule has 2 unspecified atom stereocenters. The number of hydrogen-bond acceptors (Lipinski definition) is 8. The van der Waals surface area contributed by atoms with E-state index in [1.165, 1.54) is 16.8 Å². The fourth-order valence-corrected chi connectivity index (χ4v) is 4.23. The van der Waals surface area contributed by atoms with Crippen LogP contribution >= 0.6 is 15.9 Å². The van der Waals surface area contributed by atoms with E-state index in [9.17, 15) is 19.2 Å². The number of allylic oxidation sites excluding steroid dienone is 1. The number of nitrogens with zero attached hydrogens (tertiary/aromatic N) is 1. The molecule has 0 bridgehead atoms. The van der Waals surface area contributed by atoms with E-state index in [-0.39, 0.29) is 5.76 Å². The van der Waals surface area contributed by atoms with Crippen molar-refractivity contribution in [1.82, 2.24) is 9.55 Å². The molecule has 4 N–H and O–H groups in total. The Morgan fingerprint density at radius 1 is 1.21 bits per heavy atom. The molecule has 1 fully saturated rings. The van der Waals surface area contributed by atoms with E-state index >= 15 is 0 Å². The lowest BCUT2D eigenvalue weighted by atomic mass is 10.1. The molecule has 38 heavy (non-hydrogen) atoms. The van der Waals surface area contributed by atoms with E-state index in [4.69, 9.17) is 19.9 Å². The average Bonchev–Trinajstić information content (AvgIpc) is 3.35. The van der Waals surface area contributed by atoms with Crippen molar-refractivity contribution in [2.45, 2.75) is 57.3 Å². The monoisotopic (exact) mass is 594 g/mol. The summed E-state index contributed by atoms with van der Waals surface area (Å²) in [7, 11) is 3.25. The minimum atomic E-state index is -1.15. The first-order chi connectivity index (χ1) is 18.1. The predicted octanol–water partition coefficient (Wildman–Crippen LogP) is 2.08. The van der Waals surface area contributed by atoms with Gasteiger partial charge in [0.25, 0.3) is 11.5 Å². The Bertz CT molecular complexity index is 1290. The zero-order valence-electron chi connectivity index (χ0n) is 21.3. The van der Waals surface area contributed by atoms with Gasteiger partial charge in [0.15, 0.2) is 11.9 Å². The van der Waals surface area contributed by atoms with Crippen LogP contribution in [0.4, 0.5) is 5.69 Å². The summed E-state index contributed by atoms with van der Waals surface area (Å²) in [4.78, 5) is 50.4. The van der Waals surface area contributed by atoms with Gasteiger partial charge in [0.2, 0.25) is 12.2 Å². The smallest absolute Gasteiger partial charge is 0.330 e. The van der Waals surface area contributed by atoms with Crippen molar-refractivity contribution in [2.24, 2.45) is 5.73 Å². The van der Waals surface area contributed by atoms with E-state index < -0.39 is 47.8 Å². The molecular formula is C25H31BrN4O8. The van der Waals surface area contributed by atoms with Gasteiger partial charge in [-0.2, -0.15) is 0 Å². The molecule has 2 aliphatic rings. The number of H-pyrrole nitrogens is 1. The van der Waals surface area contributed by atoms with Crippen LogP contribution < -0.4 is 22.3 Å². The Labute approximate surface area is 227 Å². The predicted molar refractivity (Wildman–Crippen MR) is 141 cm³/mol. The average molecular weight is 595 g/mol. The zero-order valence-corrected chi connectivity index (χ0v) is 22.9. The largest absolute Gasteiger partial charge is 0.459 e. The Kier molecular flexibility index (Phi) is 10.4. The second-order valence-electron chi connectivity index (χ2n) is 8.70. The van der Waals surface area contributed by atoms with Crippen molar-refractivity contribution in [3.63, 3.8) is 0 Å². The van der Waals surface area contributed by atoms with Crippen molar-refractivity contribution < 1.29 is 28.5 Å². The van der Waals surface area contributed by atoms with Gasteiger partial charge in [-0.05, 0) is 56.0 Å². The van der Waals surface area contributed by atoms with E-state index in [0.29, 0.717) is 31.4 Å². The van der Waals surface area contributed by atoms with Crippen molar-refractivity contribution in [3.8, 4) is 0 Å². The van der Waals surface area contributed by atoms with Gasteiger partial charge in [-0.15, -0.1) is 0 Å². The molecule has 4 atom stereocenters. The number of rotatable bonds is 7. The minimum absolute atomic E-state index is 0.0788. The van der Waals surface area contributed by atoms with Gasteiger partial charge in [0, 0.05) is 43.1 Å². The summed E-state index contributed by atoms with van der Waals surface area (Å²) < 4.78 is 23.8. The molecule has 4 rings (SSSR count). The summed E-state index contributed by atoms with van der Waals surface area (Å²) in [5.74, 6) is -1.11. The quantitative estimate of drug-likeness (QED) is 0.438. The van der Waals surface area contributed by atoms with Gasteiger partial charge in [0.05, 0.1) is 6.10 Å². The number of nitrogens with two attached hydrogens (primary N) is 1. The number of aromatic nitrogens is 2. The molecular weight excluding hydrogens is 564 g/mol. The van der Waals surface area contributed by atoms with Crippen LogP contribution in [0.25, 0.3) is 0 Å². The number of benzene rings is 1. The molecule has 1 aromatic heterocycles. The number of anilines is 1. The maximum absolute atomic E-state index is 12.7.